The number of amides is 2. The minimum absolute atomic E-state index is 0.155. The third kappa shape index (κ3) is 8.14. The van der Waals surface area contributed by atoms with Crippen molar-refractivity contribution >= 4 is 18.9 Å². The summed E-state index contributed by atoms with van der Waals surface area (Å²) in [6, 6.07) is 13.4. The molecule has 0 aliphatic carbocycles. The van der Waals surface area contributed by atoms with Crippen molar-refractivity contribution in [3.8, 4) is 11.3 Å². The van der Waals surface area contributed by atoms with E-state index in [0.717, 1.165) is 5.56 Å². The number of aliphatic hydroxyl groups excluding tert-OH is 1. The van der Waals surface area contributed by atoms with Crippen molar-refractivity contribution in [2.45, 2.75) is 45.3 Å². The number of carbonyl (C=O) groups excluding carboxylic acids is 2. The third-order valence-corrected chi connectivity index (χ3v) is 5.61. The molecule has 188 valence electrons. The maximum atomic E-state index is 13.2. The second-order valence-corrected chi connectivity index (χ2v) is 9.07. The van der Waals surface area contributed by atoms with Crippen LogP contribution in [0, 0.1) is 5.92 Å². The Bertz CT molecular complexity index is 952. The second-order valence-electron chi connectivity index (χ2n) is 9.07. The maximum absolute atomic E-state index is 13.2. The van der Waals surface area contributed by atoms with Crippen molar-refractivity contribution in [1.82, 2.24) is 20.9 Å². The Hall–Kier alpha value is -2.79. The summed E-state index contributed by atoms with van der Waals surface area (Å²) < 4.78 is 11.7. The summed E-state index contributed by atoms with van der Waals surface area (Å²) in [6.07, 6.45) is -0.510. The lowest BCUT2D eigenvalue weighted by molar-refractivity contribution is -0.125. The summed E-state index contributed by atoms with van der Waals surface area (Å²) in [5.74, 6) is -1.22. The van der Waals surface area contributed by atoms with Crippen molar-refractivity contribution in [3.05, 3.63) is 54.2 Å². The van der Waals surface area contributed by atoms with Gasteiger partial charge in [0.15, 0.2) is 0 Å². The number of nitrogens with zero attached hydrogens (tertiary/aromatic N) is 1. The first-order valence-corrected chi connectivity index (χ1v) is 12.1. The lowest BCUT2D eigenvalue weighted by Gasteiger charge is -2.30. The van der Waals surface area contributed by atoms with Gasteiger partial charge in [-0.25, -0.2) is 4.98 Å². The zero-order valence-corrected chi connectivity index (χ0v) is 20.6. The Morgan fingerprint density at radius 1 is 1.03 bits per heavy atom. The predicted octanol–water partition coefficient (Wildman–Crippen LogP) is 1.42. The third-order valence-electron chi connectivity index (χ3n) is 5.61. The number of rotatable bonds is 9. The fourth-order valence-corrected chi connectivity index (χ4v) is 3.87. The molecule has 10 heteroatoms. The Labute approximate surface area is 207 Å². The number of aromatic nitrogens is 1. The van der Waals surface area contributed by atoms with Crippen LogP contribution in [-0.2, 0) is 14.1 Å². The molecule has 2 heterocycles. The van der Waals surface area contributed by atoms with Crippen LogP contribution in [0.4, 0.5) is 0 Å². The van der Waals surface area contributed by atoms with E-state index in [2.05, 4.69) is 20.9 Å². The van der Waals surface area contributed by atoms with Crippen molar-refractivity contribution in [1.29, 1.82) is 0 Å². The molecule has 3 atom stereocenters. The van der Waals surface area contributed by atoms with Crippen molar-refractivity contribution in [2.75, 3.05) is 26.3 Å². The zero-order valence-electron chi connectivity index (χ0n) is 20.6. The Balaban J connectivity index is 1.71. The van der Waals surface area contributed by atoms with Crippen LogP contribution in [0.1, 0.15) is 37.7 Å². The zero-order chi connectivity index (χ0) is 25.2. The van der Waals surface area contributed by atoms with Gasteiger partial charge < -0.3 is 30.4 Å². The molecule has 1 aliphatic rings. The molecule has 4 N–H and O–H groups in total. The summed E-state index contributed by atoms with van der Waals surface area (Å²) in [5.41, 5.74) is 1.67. The topological polar surface area (TPSA) is 122 Å². The van der Waals surface area contributed by atoms with E-state index >= 15 is 0 Å². The molecule has 0 unspecified atom stereocenters. The predicted molar refractivity (Wildman–Crippen MR) is 135 cm³/mol. The molecule has 1 fully saturated rings. The van der Waals surface area contributed by atoms with Crippen LogP contribution >= 0.6 is 0 Å². The molecule has 1 aromatic heterocycles. The number of carbonyl (C=O) groups is 2. The van der Waals surface area contributed by atoms with Gasteiger partial charge in [0.25, 0.3) is 5.91 Å². The molecule has 2 aromatic rings. The van der Waals surface area contributed by atoms with Gasteiger partial charge in [-0.3, -0.25) is 9.59 Å². The van der Waals surface area contributed by atoms with Crippen LogP contribution < -0.4 is 16.0 Å². The Morgan fingerprint density at radius 2 is 1.71 bits per heavy atom. The average molecular weight is 482 g/mol. The van der Waals surface area contributed by atoms with Crippen LogP contribution in [0.25, 0.3) is 11.3 Å². The summed E-state index contributed by atoms with van der Waals surface area (Å²) in [6.45, 7) is 7.85. The molecule has 2 amide bonds. The first-order valence-electron chi connectivity index (χ1n) is 12.1. The van der Waals surface area contributed by atoms with Crippen LogP contribution in [0.2, 0.25) is 0 Å². The van der Waals surface area contributed by atoms with E-state index in [0.29, 0.717) is 38.4 Å². The summed E-state index contributed by atoms with van der Waals surface area (Å²) in [4.78, 5) is 30.6. The molecule has 0 spiro atoms. The molecular formula is C25H35BN4O5. The van der Waals surface area contributed by atoms with Crippen LogP contribution in [0.5, 0.6) is 0 Å². The van der Waals surface area contributed by atoms with Crippen LogP contribution in [-0.4, -0.2) is 73.4 Å². The van der Waals surface area contributed by atoms with Crippen molar-refractivity contribution in [2.24, 2.45) is 5.92 Å². The highest BCUT2D eigenvalue weighted by Crippen LogP contribution is 2.17. The number of aliphatic hydroxyl groups is 1. The molecule has 0 radical (unpaired) electrons. The largest absolute Gasteiger partial charge is 0.480 e. The number of hydrogen-bond donors (Lipinski definition) is 4. The van der Waals surface area contributed by atoms with Crippen molar-refractivity contribution < 1.29 is 24.0 Å². The van der Waals surface area contributed by atoms with Gasteiger partial charge in [-0.1, -0.05) is 50.2 Å². The standard InChI is InChI=1S/C25H35BN4O5/c1-17(2)16-22(26-34-14-12-27-13-15-35-26)29-25(33)23(18(3)31)30-24(32)21-11-7-10-20(28-21)19-8-5-4-6-9-19/h4-11,17-18,22-23,27,31H,12-16H2,1-3H3,(H,29,33)(H,30,32)/t18-,22+,23-/m1/s1. The fraction of sp³-hybridized carbons (Fsp3) is 0.480. The molecule has 3 rings (SSSR count). The molecule has 1 aromatic carbocycles. The molecule has 9 nitrogen and oxygen atoms in total. The molecule has 0 bridgehead atoms. The number of hydrogen-bond acceptors (Lipinski definition) is 7. The van der Waals surface area contributed by atoms with Crippen LogP contribution in [0.15, 0.2) is 48.5 Å². The number of pyridine rings is 1. The monoisotopic (exact) mass is 482 g/mol. The highest BCUT2D eigenvalue weighted by Gasteiger charge is 2.36. The fourth-order valence-electron chi connectivity index (χ4n) is 3.87. The first-order chi connectivity index (χ1) is 16.8. The van der Waals surface area contributed by atoms with Crippen LogP contribution in [0.3, 0.4) is 0 Å². The molecule has 35 heavy (non-hydrogen) atoms. The Morgan fingerprint density at radius 3 is 2.34 bits per heavy atom. The van der Waals surface area contributed by atoms with E-state index < -0.39 is 37.0 Å². The highest BCUT2D eigenvalue weighted by atomic mass is 16.6. The lowest BCUT2D eigenvalue weighted by Crippen LogP contribution is -2.59. The van der Waals surface area contributed by atoms with Gasteiger partial charge in [-0.2, -0.15) is 0 Å². The summed E-state index contributed by atoms with van der Waals surface area (Å²) in [5, 5.41) is 19.1. The van der Waals surface area contributed by atoms with E-state index in [-0.39, 0.29) is 11.6 Å². The second kappa shape index (κ2) is 13.3. The van der Waals surface area contributed by atoms with Gasteiger partial charge in [-0.15, -0.1) is 0 Å². The maximum Gasteiger partial charge on any atom is 0.480 e. The number of benzene rings is 1. The number of nitrogens with one attached hydrogen (secondary N) is 3. The smallest absolute Gasteiger partial charge is 0.408 e. The van der Waals surface area contributed by atoms with Gasteiger partial charge in [-0.05, 0) is 31.4 Å². The van der Waals surface area contributed by atoms with E-state index in [4.69, 9.17) is 9.31 Å². The van der Waals surface area contributed by atoms with E-state index in [1.54, 1.807) is 12.1 Å². The molecular weight excluding hydrogens is 447 g/mol. The normalized spacial score (nSPS) is 17.1. The molecule has 1 saturated heterocycles. The quantitative estimate of drug-likeness (QED) is 0.399. The van der Waals surface area contributed by atoms with Crippen molar-refractivity contribution in [3.63, 3.8) is 0 Å². The average Bonchev–Trinajstić information content (AvgIpc) is 2.82. The van der Waals surface area contributed by atoms with E-state index in [9.17, 15) is 14.7 Å². The molecule has 0 saturated carbocycles. The molecule has 1 aliphatic heterocycles. The van der Waals surface area contributed by atoms with Gasteiger partial charge in [0.1, 0.15) is 11.7 Å². The lowest BCUT2D eigenvalue weighted by atomic mass is 9.73. The van der Waals surface area contributed by atoms with Gasteiger partial charge in [0, 0.05) is 31.9 Å². The highest BCUT2D eigenvalue weighted by molar-refractivity contribution is 6.47. The summed E-state index contributed by atoms with van der Waals surface area (Å²) >= 11 is 0. The van der Waals surface area contributed by atoms with Gasteiger partial charge in [0.05, 0.1) is 17.7 Å². The minimum Gasteiger partial charge on any atom is -0.408 e. The SMILES string of the molecule is CC(C)C[C@H](NC(=O)[C@H](NC(=O)c1cccc(-c2ccccc2)n1)[C@@H](C)O)B1OCCNCCO1. The minimum atomic E-state index is -1.17. The Kier molecular flexibility index (Phi) is 10.2. The first kappa shape index (κ1) is 26.8. The van der Waals surface area contributed by atoms with E-state index in [1.807, 2.05) is 50.2 Å². The van der Waals surface area contributed by atoms with E-state index in [1.165, 1.54) is 6.92 Å². The van der Waals surface area contributed by atoms with Gasteiger partial charge >= 0.3 is 7.12 Å². The van der Waals surface area contributed by atoms with Gasteiger partial charge in [0.2, 0.25) is 5.91 Å². The summed E-state index contributed by atoms with van der Waals surface area (Å²) in [7, 11) is -0.613.